The fraction of sp³-hybridized carbons (Fsp3) is 0.444. The van der Waals surface area contributed by atoms with Gasteiger partial charge in [-0.3, -0.25) is 4.79 Å². The molecule has 1 rings (SSSR count). The fourth-order valence-electron chi connectivity index (χ4n) is 0.986. The highest BCUT2D eigenvalue weighted by Crippen LogP contribution is 2.08. The fourth-order valence-corrected chi connectivity index (χ4v) is 1.83. The lowest BCUT2D eigenvalue weighted by atomic mass is 9.88. The molecule has 0 fully saturated rings. The number of hydrogen-bond acceptors (Lipinski definition) is 4. The molecular formula is C9H13BO3S. The van der Waals surface area contributed by atoms with Crippen LogP contribution in [-0.4, -0.2) is 24.5 Å². The highest BCUT2D eigenvalue weighted by molar-refractivity contribution is 7.23. The van der Waals surface area contributed by atoms with E-state index in [1.807, 2.05) is 6.92 Å². The van der Waals surface area contributed by atoms with Crippen LogP contribution in [0.15, 0.2) is 12.1 Å². The van der Waals surface area contributed by atoms with Crippen molar-refractivity contribution in [1.29, 1.82) is 0 Å². The molecule has 1 N–H and O–H groups in total. The summed E-state index contributed by atoms with van der Waals surface area (Å²) in [5.74, 6) is 0.0175. The van der Waals surface area contributed by atoms with Crippen LogP contribution >= 0.6 is 11.3 Å². The van der Waals surface area contributed by atoms with Crippen molar-refractivity contribution in [2.75, 3.05) is 6.61 Å². The third-order valence-corrected chi connectivity index (χ3v) is 2.91. The molecule has 0 aromatic carbocycles. The Hall–Kier alpha value is -0.645. The van der Waals surface area contributed by atoms with Gasteiger partial charge in [-0.15, -0.1) is 11.3 Å². The van der Waals surface area contributed by atoms with E-state index in [4.69, 9.17) is 4.65 Å². The topological polar surface area (TPSA) is 46.5 Å². The van der Waals surface area contributed by atoms with E-state index in [2.05, 4.69) is 0 Å². The van der Waals surface area contributed by atoms with Gasteiger partial charge in [-0.25, -0.2) is 0 Å². The van der Waals surface area contributed by atoms with E-state index >= 15 is 0 Å². The maximum Gasteiger partial charge on any atom is 0.501 e. The molecule has 0 bridgehead atoms. The number of Topliss-reactive ketones (excluding diaryl/α,β-unsaturated/α-hetero) is 1. The highest BCUT2D eigenvalue weighted by atomic mass is 32.1. The number of ketones is 1. The maximum absolute atomic E-state index is 11.0. The van der Waals surface area contributed by atoms with Crippen molar-refractivity contribution in [3.8, 4) is 0 Å². The molecule has 0 spiro atoms. The molecular weight excluding hydrogens is 199 g/mol. The summed E-state index contributed by atoms with van der Waals surface area (Å²) in [7, 11) is -0.895. The van der Waals surface area contributed by atoms with Crippen molar-refractivity contribution in [3.05, 3.63) is 17.0 Å². The Morgan fingerprint density at radius 3 is 2.86 bits per heavy atom. The first-order valence-electron chi connectivity index (χ1n) is 4.55. The van der Waals surface area contributed by atoms with Gasteiger partial charge in [0.15, 0.2) is 5.78 Å². The molecule has 1 heterocycles. The van der Waals surface area contributed by atoms with Crippen LogP contribution in [0.5, 0.6) is 0 Å². The molecule has 76 valence electrons. The summed E-state index contributed by atoms with van der Waals surface area (Å²) in [5.41, 5.74) is 0. The van der Waals surface area contributed by atoms with Crippen molar-refractivity contribution in [3.63, 3.8) is 0 Å². The van der Waals surface area contributed by atoms with E-state index in [1.54, 1.807) is 12.1 Å². The van der Waals surface area contributed by atoms with E-state index in [-0.39, 0.29) is 5.78 Å². The second-order valence-corrected chi connectivity index (χ2v) is 4.10. The van der Waals surface area contributed by atoms with Gasteiger partial charge in [0, 0.05) is 11.4 Å². The zero-order valence-corrected chi connectivity index (χ0v) is 9.13. The lowest BCUT2D eigenvalue weighted by molar-refractivity contribution is 0.102. The van der Waals surface area contributed by atoms with Crippen molar-refractivity contribution in [1.82, 2.24) is 0 Å². The summed E-state index contributed by atoms with van der Waals surface area (Å²) < 4.78 is 5.81. The van der Waals surface area contributed by atoms with Crippen molar-refractivity contribution >= 4 is 29.0 Å². The summed E-state index contributed by atoms with van der Waals surface area (Å²) in [4.78, 5) is 11.6. The summed E-state index contributed by atoms with van der Waals surface area (Å²) in [6, 6.07) is 3.43. The Morgan fingerprint density at radius 1 is 1.64 bits per heavy atom. The van der Waals surface area contributed by atoms with E-state index in [9.17, 15) is 9.82 Å². The molecule has 1 aromatic heterocycles. The third-order valence-electron chi connectivity index (χ3n) is 1.70. The van der Waals surface area contributed by atoms with Gasteiger partial charge < -0.3 is 9.68 Å². The van der Waals surface area contributed by atoms with Gasteiger partial charge in [-0.1, -0.05) is 13.0 Å². The molecule has 0 radical (unpaired) electrons. The third kappa shape index (κ3) is 2.94. The lowest BCUT2D eigenvalue weighted by Gasteiger charge is -2.03. The van der Waals surface area contributed by atoms with Crippen LogP contribution in [-0.2, 0) is 4.65 Å². The Bertz CT molecular complexity index is 311. The minimum absolute atomic E-state index is 0.0175. The summed E-state index contributed by atoms with van der Waals surface area (Å²) >= 11 is 1.27. The van der Waals surface area contributed by atoms with E-state index in [0.29, 0.717) is 16.3 Å². The van der Waals surface area contributed by atoms with Crippen LogP contribution in [0.3, 0.4) is 0 Å². The minimum Gasteiger partial charge on any atom is -0.423 e. The molecule has 0 aliphatic carbocycles. The Kier molecular flexibility index (Phi) is 4.32. The predicted molar refractivity (Wildman–Crippen MR) is 58.2 cm³/mol. The first-order valence-corrected chi connectivity index (χ1v) is 5.37. The van der Waals surface area contributed by atoms with E-state index in [1.165, 1.54) is 18.3 Å². The van der Waals surface area contributed by atoms with Gasteiger partial charge in [0.2, 0.25) is 0 Å². The molecule has 5 heteroatoms. The number of rotatable bonds is 5. The quantitative estimate of drug-likeness (QED) is 0.586. The Morgan fingerprint density at radius 2 is 2.36 bits per heavy atom. The molecule has 0 aliphatic heterocycles. The highest BCUT2D eigenvalue weighted by Gasteiger charge is 2.19. The van der Waals surface area contributed by atoms with Gasteiger partial charge in [0.1, 0.15) is 0 Å². The zero-order chi connectivity index (χ0) is 10.6. The number of hydrogen-bond donors (Lipinski definition) is 1. The maximum atomic E-state index is 11.0. The monoisotopic (exact) mass is 212 g/mol. The Balaban J connectivity index is 2.61. The van der Waals surface area contributed by atoms with Crippen molar-refractivity contribution in [2.45, 2.75) is 20.3 Å². The van der Waals surface area contributed by atoms with Crippen LogP contribution in [0.1, 0.15) is 29.9 Å². The van der Waals surface area contributed by atoms with Crippen molar-refractivity contribution < 1.29 is 14.5 Å². The second-order valence-electron chi connectivity index (χ2n) is 2.98. The molecule has 1 aromatic rings. The van der Waals surface area contributed by atoms with Gasteiger partial charge >= 0.3 is 7.12 Å². The molecule has 3 nitrogen and oxygen atoms in total. The molecule has 0 saturated heterocycles. The van der Waals surface area contributed by atoms with Crippen molar-refractivity contribution in [2.24, 2.45) is 0 Å². The van der Waals surface area contributed by atoms with Gasteiger partial charge in [0.05, 0.1) is 4.88 Å². The summed E-state index contributed by atoms with van der Waals surface area (Å²) in [6.45, 7) is 4.01. The SMILES string of the molecule is CCCOB(O)c1ccc(C(C)=O)s1. The van der Waals surface area contributed by atoms with E-state index in [0.717, 1.165) is 6.42 Å². The molecule has 14 heavy (non-hydrogen) atoms. The zero-order valence-electron chi connectivity index (χ0n) is 8.32. The summed E-state index contributed by atoms with van der Waals surface area (Å²) in [5, 5.41) is 9.52. The van der Waals surface area contributed by atoms with Crippen LogP contribution < -0.4 is 4.78 Å². The standard InChI is InChI=1S/C9H13BO3S/c1-3-6-13-10(12)9-5-4-8(14-9)7(2)11/h4-5,12H,3,6H2,1-2H3. The second kappa shape index (κ2) is 5.29. The van der Waals surface area contributed by atoms with Crippen LogP contribution in [0.2, 0.25) is 0 Å². The molecule has 0 aliphatic rings. The molecule has 0 saturated carbocycles. The number of carbonyl (C=O) groups is 1. The average Bonchev–Trinajstić information content (AvgIpc) is 2.62. The van der Waals surface area contributed by atoms with Crippen LogP contribution in [0.25, 0.3) is 0 Å². The average molecular weight is 212 g/mol. The number of thiophene rings is 1. The van der Waals surface area contributed by atoms with E-state index < -0.39 is 7.12 Å². The predicted octanol–water partition coefficient (Wildman–Crippen LogP) is 1.06. The molecule has 0 unspecified atom stereocenters. The van der Waals surface area contributed by atoms with Crippen LogP contribution in [0.4, 0.5) is 0 Å². The minimum atomic E-state index is -0.895. The number of carbonyl (C=O) groups excluding carboxylic acids is 1. The van der Waals surface area contributed by atoms with Gasteiger partial charge in [-0.05, 0) is 19.4 Å². The molecule has 0 amide bonds. The Labute approximate surface area is 87.9 Å². The normalized spacial score (nSPS) is 10.2. The summed E-state index contributed by atoms with van der Waals surface area (Å²) in [6.07, 6.45) is 0.863. The van der Waals surface area contributed by atoms with Crippen LogP contribution in [0, 0.1) is 0 Å². The largest absolute Gasteiger partial charge is 0.501 e. The van der Waals surface area contributed by atoms with Gasteiger partial charge in [-0.2, -0.15) is 0 Å². The first kappa shape index (κ1) is 11.4. The lowest BCUT2D eigenvalue weighted by Crippen LogP contribution is -2.31. The van der Waals surface area contributed by atoms with Gasteiger partial charge in [0.25, 0.3) is 0 Å². The smallest absolute Gasteiger partial charge is 0.423 e. The first-order chi connectivity index (χ1) is 6.65. The molecule has 0 atom stereocenters.